The SMILES string of the molecule is C=CCN(c1cccc(C(F)(F)F)c1)S(=O)(=O)c1cccc(C(=O)NCc2ccccn2)c1. The Bertz CT molecular complexity index is 1250. The molecule has 0 aliphatic rings. The van der Waals surface area contributed by atoms with Crippen LogP contribution < -0.4 is 9.62 Å². The number of benzene rings is 2. The summed E-state index contributed by atoms with van der Waals surface area (Å²) in [5, 5.41) is 2.65. The first-order chi connectivity index (χ1) is 15.6. The summed E-state index contributed by atoms with van der Waals surface area (Å²) >= 11 is 0. The van der Waals surface area contributed by atoms with E-state index in [1.54, 1.807) is 24.4 Å². The van der Waals surface area contributed by atoms with E-state index in [1.807, 2.05) is 0 Å². The molecule has 0 saturated carbocycles. The second kappa shape index (κ2) is 9.86. The molecular formula is C23H20F3N3O3S. The van der Waals surface area contributed by atoms with Crippen molar-refractivity contribution in [3.8, 4) is 0 Å². The Hall–Kier alpha value is -3.66. The summed E-state index contributed by atoms with van der Waals surface area (Å²) in [6.45, 7) is 3.38. The molecule has 0 saturated heterocycles. The van der Waals surface area contributed by atoms with E-state index < -0.39 is 27.7 Å². The first-order valence-electron chi connectivity index (χ1n) is 9.72. The van der Waals surface area contributed by atoms with Gasteiger partial charge in [0.2, 0.25) is 0 Å². The fourth-order valence-electron chi connectivity index (χ4n) is 3.00. The van der Waals surface area contributed by atoms with Crippen LogP contribution in [0.2, 0.25) is 0 Å². The number of carbonyl (C=O) groups is 1. The average molecular weight is 475 g/mol. The maximum Gasteiger partial charge on any atom is 0.416 e. The van der Waals surface area contributed by atoms with Crippen molar-refractivity contribution in [1.29, 1.82) is 0 Å². The monoisotopic (exact) mass is 475 g/mol. The molecule has 172 valence electrons. The Morgan fingerprint density at radius 1 is 1.06 bits per heavy atom. The Kier molecular flexibility index (Phi) is 7.17. The maximum atomic E-state index is 13.3. The minimum Gasteiger partial charge on any atom is -0.346 e. The van der Waals surface area contributed by atoms with E-state index >= 15 is 0 Å². The molecule has 1 N–H and O–H groups in total. The van der Waals surface area contributed by atoms with Gasteiger partial charge < -0.3 is 5.32 Å². The third kappa shape index (κ3) is 5.78. The number of hydrogen-bond acceptors (Lipinski definition) is 4. The lowest BCUT2D eigenvalue weighted by molar-refractivity contribution is -0.137. The van der Waals surface area contributed by atoms with Crippen LogP contribution in [0.1, 0.15) is 21.6 Å². The van der Waals surface area contributed by atoms with Gasteiger partial charge in [-0.3, -0.25) is 14.1 Å². The molecule has 0 radical (unpaired) electrons. The van der Waals surface area contributed by atoms with Gasteiger partial charge in [-0.15, -0.1) is 6.58 Å². The Morgan fingerprint density at radius 2 is 1.82 bits per heavy atom. The van der Waals surface area contributed by atoms with Crippen molar-refractivity contribution in [3.63, 3.8) is 0 Å². The molecule has 0 spiro atoms. The topological polar surface area (TPSA) is 79.4 Å². The van der Waals surface area contributed by atoms with E-state index in [-0.39, 0.29) is 29.2 Å². The van der Waals surface area contributed by atoms with E-state index in [9.17, 15) is 26.4 Å². The molecule has 1 aromatic heterocycles. The number of alkyl halides is 3. The van der Waals surface area contributed by atoms with E-state index in [1.165, 1.54) is 36.4 Å². The van der Waals surface area contributed by atoms with Crippen molar-refractivity contribution in [1.82, 2.24) is 10.3 Å². The number of rotatable bonds is 8. The van der Waals surface area contributed by atoms with Crippen LogP contribution in [-0.4, -0.2) is 25.9 Å². The normalized spacial score (nSPS) is 11.6. The van der Waals surface area contributed by atoms with Crippen LogP contribution in [0.5, 0.6) is 0 Å². The van der Waals surface area contributed by atoms with Crippen LogP contribution in [0.3, 0.4) is 0 Å². The zero-order valence-electron chi connectivity index (χ0n) is 17.3. The molecular weight excluding hydrogens is 455 g/mol. The zero-order valence-corrected chi connectivity index (χ0v) is 18.1. The van der Waals surface area contributed by atoms with Crippen molar-refractivity contribution < 1.29 is 26.4 Å². The third-order valence-electron chi connectivity index (χ3n) is 4.60. The fourth-order valence-corrected chi connectivity index (χ4v) is 4.47. The highest BCUT2D eigenvalue weighted by Crippen LogP contribution is 2.33. The molecule has 0 aliphatic heterocycles. The molecule has 0 atom stereocenters. The van der Waals surface area contributed by atoms with E-state index in [2.05, 4.69) is 16.9 Å². The van der Waals surface area contributed by atoms with Crippen molar-refractivity contribution in [3.05, 3.63) is 102 Å². The van der Waals surface area contributed by atoms with E-state index in [0.29, 0.717) is 5.69 Å². The van der Waals surface area contributed by atoms with E-state index in [4.69, 9.17) is 0 Å². The van der Waals surface area contributed by atoms with Crippen LogP contribution in [0.4, 0.5) is 18.9 Å². The lowest BCUT2D eigenvalue weighted by Crippen LogP contribution is -2.32. The van der Waals surface area contributed by atoms with Gasteiger partial charge in [-0.1, -0.05) is 24.3 Å². The molecule has 3 aromatic rings. The highest BCUT2D eigenvalue weighted by atomic mass is 32.2. The molecule has 10 heteroatoms. The van der Waals surface area contributed by atoms with Crippen molar-refractivity contribution in [2.75, 3.05) is 10.8 Å². The van der Waals surface area contributed by atoms with Crippen molar-refractivity contribution in [2.45, 2.75) is 17.6 Å². The molecule has 0 unspecified atom stereocenters. The summed E-state index contributed by atoms with van der Waals surface area (Å²) < 4.78 is 66.8. The van der Waals surface area contributed by atoms with Gasteiger partial charge in [0.05, 0.1) is 34.9 Å². The summed E-state index contributed by atoms with van der Waals surface area (Å²) in [5.74, 6) is -0.521. The Morgan fingerprint density at radius 3 is 2.48 bits per heavy atom. The summed E-state index contributed by atoms with van der Waals surface area (Å²) in [4.78, 5) is 16.4. The second-order valence-corrected chi connectivity index (χ2v) is 8.77. The van der Waals surface area contributed by atoms with Crippen LogP contribution in [-0.2, 0) is 22.7 Å². The van der Waals surface area contributed by atoms with Crippen molar-refractivity contribution in [2.24, 2.45) is 0 Å². The second-order valence-electron chi connectivity index (χ2n) is 6.90. The Labute approximate surface area is 189 Å². The smallest absolute Gasteiger partial charge is 0.346 e. The minimum absolute atomic E-state index is 0.0783. The van der Waals surface area contributed by atoms with Crippen molar-refractivity contribution >= 4 is 21.6 Å². The van der Waals surface area contributed by atoms with Gasteiger partial charge in [0.15, 0.2) is 0 Å². The summed E-state index contributed by atoms with van der Waals surface area (Å²) in [6, 6.07) is 14.5. The van der Waals surface area contributed by atoms with Gasteiger partial charge in [0.25, 0.3) is 15.9 Å². The molecule has 1 amide bonds. The molecule has 6 nitrogen and oxygen atoms in total. The van der Waals surface area contributed by atoms with E-state index in [0.717, 1.165) is 22.5 Å². The molecule has 2 aromatic carbocycles. The average Bonchev–Trinajstić information content (AvgIpc) is 2.81. The number of carbonyl (C=O) groups excluding carboxylic acids is 1. The molecule has 1 heterocycles. The number of halogens is 3. The predicted octanol–water partition coefficient (Wildman–Crippen LogP) is 4.41. The lowest BCUT2D eigenvalue weighted by Gasteiger charge is -2.24. The first-order valence-corrected chi connectivity index (χ1v) is 11.2. The summed E-state index contributed by atoms with van der Waals surface area (Å²) in [5.41, 5.74) is -0.451. The van der Waals surface area contributed by atoms with Gasteiger partial charge in [-0.05, 0) is 48.5 Å². The fraction of sp³-hybridized carbons (Fsp3) is 0.130. The quantitative estimate of drug-likeness (QED) is 0.490. The molecule has 0 aliphatic carbocycles. The molecule has 33 heavy (non-hydrogen) atoms. The standard InChI is InChI=1S/C23H20F3N3O3S/c1-2-13-29(20-10-6-8-18(15-20)23(24,25)26)33(31,32)21-11-5-7-17(14-21)22(30)28-16-19-9-3-4-12-27-19/h2-12,14-15H,1,13,16H2,(H,28,30). The molecule has 0 bridgehead atoms. The zero-order chi connectivity index (χ0) is 24.1. The number of nitrogens with one attached hydrogen (secondary N) is 1. The third-order valence-corrected chi connectivity index (χ3v) is 6.39. The predicted molar refractivity (Wildman–Crippen MR) is 118 cm³/mol. The van der Waals surface area contributed by atoms with Gasteiger partial charge in [-0.25, -0.2) is 8.42 Å². The number of sulfonamides is 1. The highest BCUT2D eigenvalue weighted by Gasteiger charge is 2.32. The minimum atomic E-state index is -4.63. The van der Waals surface area contributed by atoms with Crippen LogP contribution in [0, 0.1) is 0 Å². The lowest BCUT2D eigenvalue weighted by atomic mass is 10.2. The van der Waals surface area contributed by atoms with Gasteiger partial charge in [-0.2, -0.15) is 13.2 Å². The largest absolute Gasteiger partial charge is 0.416 e. The highest BCUT2D eigenvalue weighted by molar-refractivity contribution is 7.92. The maximum absolute atomic E-state index is 13.3. The number of anilines is 1. The molecule has 0 fully saturated rings. The number of pyridine rings is 1. The summed E-state index contributed by atoms with van der Waals surface area (Å²) in [6.07, 6.45) is -1.79. The number of amides is 1. The summed E-state index contributed by atoms with van der Waals surface area (Å²) in [7, 11) is -4.30. The number of aromatic nitrogens is 1. The Balaban J connectivity index is 1.90. The van der Waals surface area contributed by atoms with Gasteiger partial charge >= 0.3 is 6.18 Å². The first kappa shape index (κ1) is 24.0. The van der Waals surface area contributed by atoms with Gasteiger partial charge in [0.1, 0.15) is 0 Å². The van der Waals surface area contributed by atoms with Gasteiger partial charge in [0, 0.05) is 11.8 Å². The van der Waals surface area contributed by atoms with Crippen LogP contribution in [0.15, 0.2) is 90.5 Å². The number of hydrogen-bond donors (Lipinski definition) is 1. The van der Waals surface area contributed by atoms with Crippen LogP contribution in [0.25, 0.3) is 0 Å². The van der Waals surface area contributed by atoms with Crippen LogP contribution >= 0.6 is 0 Å². The molecule has 3 rings (SSSR count). The number of nitrogens with zero attached hydrogens (tertiary/aromatic N) is 2.